The first-order valence-corrected chi connectivity index (χ1v) is 12.1. The Morgan fingerprint density at radius 1 is 1.00 bits per heavy atom. The molecule has 0 aliphatic carbocycles. The smallest absolute Gasteiger partial charge is 0.239 e. The topological polar surface area (TPSA) is 179 Å². The summed E-state index contributed by atoms with van der Waals surface area (Å²) in [5.74, 6) is -0.912. The maximum atomic E-state index is 13.8. The van der Waals surface area contributed by atoms with Gasteiger partial charge in [-0.25, -0.2) is 0 Å². The van der Waals surface area contributed by atoms with Crippen molar-refractivity contribution in [2.24, 2.45) is 0 Å². The van der Waals surface area contributed by atoms with E-state index in [1.807, 2.05) is 0 Å². The summed E-state index contributed by atoms with van der Waals surface area (Å²) < 4.78 is 22.6. The minimum Gasteiger partial charge on any atom is -0.507 e. The Morgan fingerprint density at radius 2 is 1.66 bits per heavy atom. The van der Waals surface area contributed by atoms with Gasteiger partial charge in [-0.3, -0.25) is 4.79 Å². The molecule has 11 heteroatoms. The number of phenolic OH excluding ortho intramolecular Hbond substituents is 2. The Morgan fingerprint density at radius 3 is 2.26 bits per heavy atom. The summed E-state index contributed by atoms with van der Waals surface area (Å²) in [5.41, 5.74) is -1.48. The Hall–Kier alpha value is -3.35. The van der Waals surface area contributed by atoms with Gasteiger partial charge in [0.15, 0.2) is 5.76 Å². The van der Waals surface area contributed by atoms with E-state index in [2.05, 4.69) is 0 Å². The van der Waals surface area contributed by atoms with E-state index in [1.54, 1.807) is 38.1 Å². The number of fused-ring (bicyclic) bond motifs is 1. The highest BCUT2D eigenvalue weighted by molar-refractivity contribution is 5.91. The summed E-state index contributed by atoms with van der Waals surface area (Å²) in [7, 11) is 1.49. The summed E-state index contributed by atoms with van der Waals surface area (Å²) in [5, 5.41) is 61.9. The van der Waals surface area contributed by atoms with Gasteiger partial charge in [0.05, 0.1) is 18.8 Å². The number of aliphatic hydroxyl groups excluding tert-OH is 3. The summed E-state index contributed by atoms with van der Waals surface area (Å²) >= 11 is 0. The van der Waals surface area contributed by atoms with E-state index in [0.29, 0.717) is 11.3 Å². The number of phenols is 2. The minimum absolute atomic E-state index is 0.108. The van der Waals surface area contributed by atoms with Gasteiger partial charge < -0.3 is 49.3 Å². The normalized spacial score (nSPS) is 23.9. The van der Waals surface area contributed by atoms with Crippen molar-refractivity contribution in [2.75, 3.05) is 7.11 Å². The van der Waals surface area contributed by atoms with Crippen LogP contribution in [0.25, 0.3) is 22.3 Å². The van der Waals surface area contributed by atoms with Crippen LogP contribution < -0.4 is 14.9 Å². The second-order valence-electron chi connectivity index (χ2n) is 10.0. The van der Waals surface area contributed by atoms with Gasteiger partial charge in [-0.1, -0.05) is 0 Å². The molecule has 1 aliphatic rings. The number of aliphatic hydroxyl groups is 4. The zero-order chi connectivity index (χ0) is 27.9. The average molecular weight is 533 g/mol. The Labute approximate surface area is 218 Å². The van der Waals surface area contributed by atoms with Crippen molar-refractivity contribution >= 4 is 11.0 Å². The SMILES string of the molecule is COc1ccc(-c2oc3c(CCC(C)(C)O)c(O)cc(O)c3c(=O)c2O[C@H]2O[C@@H](C)[C@H](O)[C@H](O)[C@@H]2O)cc1. The van der Waals surface area contributed by atoms with Gasteiger partial charge >= 0.3 is 0 Å². The third-order valence-electron chi connectivity index (χ3n) is 6.56. The molecular weight excluding hydrogens is 500 g/mol. The Kier molecular flexibility index (Phi) is 7.60. The van der Waals surface area contributed by atoms with Crippen LogP contribution in [-0.4, -0.2) is 74.1 Å². The highest BCUT2D eigenvalue weighted by Crippen LogP contribution is 2.40. The van der Waals surface area contributed by atoms with Crippen molar-refractivity contribution in [2.45, 2.75) is 69.9 Å². The molecule has 4 rings (SSSR count). The molecule has 2 aromatic carbocycles. The van der Waals surface area contributed by atoms with E-state index < -0.39 is 53.2 Å². The third kappa shape index (κ3) is 5.29. The number of rotatable bonds is 7. The first-order chi connectivity index (χ1) is 17.8. The van der Waals surface area contributed by atoms with Crippen molar-refractivity contribution in [3.05, 3.63) is 46.1 Å². The Balaban J connectivity index is 1.94. The van der Waals surface area contributed by atoms with E-state index in [0.717, 1.165) is 6.07 Å². The fourth-order valence-electron chi connectivity index (χ4n) is 4.31. The quantitative estimate of drug-likeness (QED) is 0.261. The number of benzene rings is 2. The summed E-state index contributed by atoms with van der Waals surface area (Å²) in [6.45, 7) is 4.66. The van der Waals surface area contributed by atoms with Crippen LogP contribution in [0.4, 0.5) is 0 Å². The molecule has 38 heavy (non-hydrogen) atoms. The zero-order valence-corrected chi connectivity index (χ0v) is 21.4. The first-order valence-electron chi connectivity index (χ1n) is 12.1. The third-order valence-corrected chi connectivity index (χ3v) is 6.56. The number of methoxy groups -OCH3 is 1. The standard InChI is InChI=1S/C27H32O11/c1-12-19(30)21(32)22(33)26(36-12)38-25-20(31)18-17(29)11-16(28)15(9-10-27(2,3)34)24(18)37-23(25)13-5-7-14(35-4)8-6-13/h5-8,11-12,19,21-22,26,28-30,32-34H,9-10H2,1-4H3/t12-,19-,21-,22-,26+/m0/s1. The van der Waals surface area contributed by atoms with Crippen LogP contribution in [0, 0.1) is 0 Å². The molecule has 2 heterocycles. The van der Waals surface area contributed by atoms with Crippen molar-refractivity contribution < 1.29 is 49.3 Å². The molecule has 1 aromatic heterocycles. The van der Waals surface area contributed by atoms with Gasteiger partial charge in [0.25, 0.3) is 0 Å². The molecule has 5 atom stereocenters. The van der Waals surface area contributed by atoms with Crippen molar-refractivity contribution in [1.82, 2.24) is 0 Å². The molecule has 206 valence electrons. The van der Waals surface area contributed by atoms with Crippen LogP contribution in [0.5, 0.6) is 23.0 Å². The monoisotopic (exact) mass is 532 g/mol. The number of ether oxygens (including phenoxy) is 3. The number of aryl methyl sites for hydroxylation is 1. The molecule has 6 N–H and O–H groups in total. The van der Waals surface area contributed by atoms with E-state index >= 15 is 0 Å². The molecule has 0 unspecified atom stereocenters. The fourth-order valence-corrected chi connectivity index (χ4v) is 4.31. The van der Waals surface area contributed by atoms with Crippen molar-refractivity contribution in [3.63, 3.8) is 0 Å². The van der Waals surface area contributed by atoms with Crippen molar-refractivity contribution in [3.8, 4) is 34.3 Å². The van der Waals surface area contributed by atoms with Gasteiger partial charge in [-0.05, 0) is 57.9 Å². The van der Waals surface area contributed by atoms with Crippen LogP contribution in [-0.2, 0) is 11.2 Å². The summed E-state index contributed by atoms with van der Waals surface area (Å²) in [4.78, 5) is 13.8. The van der Waals surface area contributed by atoms with E-state index in [9.17, 15) is 35.4 Å². The lowest BCUT2D eigenvalue weighted by atomic mass is 9.96. The number of hydrogen-bond acceptors (Lipinski definition) is 11. The number of hydrogen-bond donors (Lipinski definition) is 6. The van der Waals surface area contributed by atoms with Gasteiger partial charge in [0, 0.05) is 17.2 Å². The van der Waals surface area contributed by atoms with Crippen LogP contribution in [0.3, 0.4) is 0 Å². The van der Waals surface area contributed by atoms with Crippen LogP contribution in [0.2, 0.25) is 0 Å². The summed E-state index contributed by atoms with van der Waals surface area (Å²) in [6.07, 6.45) is -6.88. The molecule has 1 fully saturated rings. The second kappa shape index (κ2) is 10.4. The Bertz CT molecular complexity index is 1360. The molecule has 0 saturated carbocycles. The molecule has 0 bridgehead atoms. The molecular formula is C27H32O11. The highest BCUT2D eigenvalue weighted by atomic mass is 16.7. The van der Waals surface area contributed by atoms with Gasteiger partial charge in [-0.2, -0.15) is 0 Å². The maximum absolute atomic E-state index is 13.8. The fraction of sp³-hybridized carbons (Fsp3) is 0.444. The van der Waals surface area contributed by atoms with Crippen LogP contribution >= 0.6 is 0 Å². The van der Waals surface area contributed by atoms with Crippen molar-refractivity contribution in [1.29, 1.82) is 0 Å². The lowest BCUT2D eigenvalue weighted by Crippen LogP contribution is -2.58. The highest BCUT2D eigenvalue weighted by Gasteiger charge is 2.44. The average Bonchev–Trinajstić information content (AvgIpc) is 2.86. The predicted molar refractivity (Wildman–Crippen MR) is 135 cm³/mol. The molecule has 0 spiro atoms. The van der Waals surface area contributed by atoms with Gasteiger partial charge in [0.2, 0.25) is 17.5 Å². The maximum Gasteiger partial charge on any atom is 0.239 e. The predicted octanol–water partition coefficient (Wildman–Crippen LogP) is 1.79. The minimum atomic E-state index is -1.71. The van der Waals surface area contributed by atoms with Gasteiger partial charge in [-0.15, -0.1) is 0 Å². The number of aromatic hydroxyl groups is 2. The lowest BCUT2D eigenvalue weighted by molar-refractivity contribution is -0.268. The molecule has 0 radical (unpaired) electrons. The van der Waals surface area contributed by atoms with Crippen LogP contribution in [0.1, 0.15) is 32.8 Å². The molecule has 1 saturated heterocycles. The first kappa shape index (κ1) is 27.7. The largest absolute Gasteiger partial charge is 0.507 e. The summed E-state index contributed by atoms with van der Waals surface area (Å²) in [6, 6.07) is 7.42. The van der Waals surface area contributed by atoms with Gasteiger partial charge in [0.1, 0.15) is 46.5 Å². The van der Waals surface area contributed by atoms with Crippen LogP contribution in [0.15, 0.2) is 39.5 Å². The lowest BCUT2D eigenvalue weighted by Gasteiger charge is -2.38. The molecule has 3 aromatic rings. The van der Waals surface area contributed by atoms with E-state index in [4.69, 9.17) is 18.6 Å². The van der Waals surface area contributed by atoms with E-state index in [-0.39, 0.29) is 40.9 Å². The van der Waals surface area contributed by atoms with E-state index in [1.165, 1.54) is 14.0 Å². The zero-order valence-electron chi connectivity index (χ0n) is 21.4. The molecule has 1 aliphatic heterocycles. The molecule has 11 nitrogen and oxygen atoms in total. The molecule has 0 amide bonds. The second-order valence-corrected chi connectivity index (χ2v) is 10.0.